The van der Waals surface area contributed by atoms with Crippen LogP contribution in [0.1, 0.15) is 5.56 Å². The number of nitro benzene ring substituents is 1. The highest BCUT2D eigenvalue weighted by molar-refractivity contribution is 5.88. The van der Waals surface area contributed by atoms with Crippen molar-refractivity contribution in [1.82, 2.24) is 10.3 Å². The molecule has 2 aromatic carbocycles. The average molecular weight is 286 g/mol. The van der Waals surface area contributed by atoms with Crippen LogP contribution in [0.3, 0.4) is 0 Å². The van der Waals surface area contributed by atoms with E-state index in [1.165, 1.54) is 12.1 Å². The molecule has 0 aliphatic rings. The van der Waals surface area contributed by atoms with Gasteiger partial charge in [0.05, 0.1) is 4.92 Å². The summed E-state index contributed by atoms with van der Waals surface area (Å²) in [7, 11) is 0. The van der Waals surface area contributed by atoms with Crippen molar-refractivity contribution in [2.45, 2.75) is 6.54 Å². The molecular formula is C13H10N4O4. The van der Waals surface area contributed by atoms with E-state index in [2.05, 4.69) is 14.9 Å². The molecule has 0 bridgehead atoms. The molecule has 0 radical (unpaired) electrons. The van der Waals surface area contributed by atoms with Gasteiger partial charge in [0.15, 0.2) is 11.3 Å². The molecule has 0 saturated carbocycles. The van der Waals surface area contributed by atoms with E-state index in [0.717, 1.165) is 5.56 Å². The molecule has 0 aliphatic heterocycles. The quantitative estimate of drug-likeness (QED) is 0.577. The van der Waals surface area contributed by atoms with Crippen molar-refractivity contribution in [3.05, 3.63) is 52.1 Å². The Labute approximate surface area is 118 Å². The van der Waals surface area contributed by atoms with Gasteiger partial charge in [-0.05, 0) is 34.1 Å². The van der Waals surface area contributed by atoms with Crippen molar-refractivity contribution < 1.29 is 14.3 Å². The lowest BCUT2D eigenvalue weighted by molar-refractivity contribution is -0.383. The van der Waals surface area contributed by atoms with Crippen molar-refractivity contribution in [3.8, 4) is 11.5 Å². The number of benzene rings is 2. The maximum atomic E-state index is 10.9. The van der Waals surface area contributed by atoms with E-state index in [0.29, 0.717) is 18.0 Å². The molecule has 0 atom stereocenters. The normalized spacial score (nSPS) is 10.7. The summed E-state index contributed by atoms with van der Waals surface area (Å²) in [4.78, 5) is 10.3. The number of nitrogens with two attached hydrogens (primary N) is 1. The lowest BCUT2D eigenvalue weighted by Gasteiger charge is -2.06. The van der Waals surface area contributed by atoms with Crippen LogP contribution in [-0.4, -0.2) is 15.2 Å². The van der Waals surface area contributed by atoms with Gasteiger partial charge in [0.1, 0.15) is 5.75 Å². The highest BCUT2D eigenvalue weighted by Crippen LogP contribution is 2.33. The van der Waals surface area contributed by atoms with Crippen molar-refractivity contribution >= 4 is 16.7 Å². The first-order valence-electron chi connectivity index (χ1n) is 6.05. The topological polar surface area (TPSA) is 117 Å². The van der Waals surface area contributed by atoms with Gasteiger partial charge in [-0.1, -0.05) is 12.1 Å². The lowest BCUT2D eigenvalue weighted by atomic mass is 10.2. The van der Waals surface area contributed by atoms with Crippen LogP contribution in [0.25, 0.3) is 11.0 Å². The fraction of sp³-hybridized carbons (Fsp3) is 0.0769. The lowest BCUT2D eigenvalue weighted by Crippen LogP contribution is -1.95. The molecule has 0 saturated heterocycles. The van der Waals surface area contributed by atoms with E-state index in [4.69, 9.17) is 10.5 Å². The zero-order valence-electron chi connectivity index (χ0n) is 10.7. The Bertz CT molecular complexity index is 798. The smallest absolute Gasteiger partial charge is 0.301 e. The van der Waals surface area contributed by atoms with Gasteiger partial charge in [-0.25, -0.2) is 4.63 Å². The second-order valence-electron chi connectivity index (χ2n) is 4.25. The summed E-state index contributed by atoms with van der Waals surface area (Å²) >= 11 is 0. The van der Waals surface area contributed by atoms with E-state index in [9.17, 15) is 10.1 Å². The second kappa shape index (κ2) is 5.17. The fourth-order valence-corrected chi connectivity index (χ4v) is 1.88. The third kappa shape index (κ3) is 2.39. The first-order chi connectivity index (χ1) is 10.2. The van der Waals surface area contributed by atoms with Crippen LogP contribution in [0.5, 0.6) is 11.5 Å². The minimum Gasteiger partial charge on any atom is -0.455 e. The predicted molar refractivity (Wildman–Crippen MR) is 72.9 cm³/mol. The molecule has 2 N–H and O–H groups in total. The number of fused-ring (bicyclic) bond motifs is 1. The Morgan fingerprint density at radius 3 is 2.52 bits per heavy atom. The Morgan fingerprint density at radius 1 is 1.14 bits per heavy atom. The summed E-state index contributed by atoms with van der Waals surface area (Å²) < 4.78 is 10.2. The minimum atomic E-state index is -0.549. The molecule has 0 unspecified atom stereocenters. The zero-order chi connectivity index (χ0) is 14.8. The molecule has 1 heterocycles. The van der Waals surface area contributed by atoms with Crippen LogP contribution in [-0.2, 0) is 6.54 Å². The van der Waals surface area contributed by atoms with Crippen LogP contribution in [0, 0.1) is 10.1 Å². The average Bonchev–Trinajstić information content (AvgIpc) is 2.98. The number of hydrogen-bond acceptors (Lipinski definition) is 7. The van der Waals surface area contributed by atoms with E-state index in [1.807, 2.05) is 12.1 Å². The van der Waals surface area contributed by atoms with Crippen molar-refractivity contribution in [1.29, 1.82) is 0 Å². The standard InChI is InChI=1S/C13H10N4O4/c14-7-8-1-3-9(4-2-8)20-11-6-5-10(17(18)19)12-13(11)16-21-15-12/h1-6H,7,14H2. The molecule has 8 heteroatoms. The molecule has 0 fully saturated rings. The zero-order valence-corrected chi connectivity index (χ0v) is 10.7. The summed E-state index contributed by atoms with van der Waals surface area (Å²) in [5, 5.41) is 18.1. The van der Waals surface area contributed by atoms with Gasteiger partial charge >= 0.3 is 5.69 Å². The number of hydrogen-bond donors (Lipinski definition) is 1. The van der Waals surface area contributed by atoms with Gasteiger partial charge in [-0.2, -0.15) is 0 Å². The van der Waals surface area contributed by atoms with Gasteiger partial charge in [-0.3, -0.25) is 10.1 Å². The van der Waals surface area contributed by atoms with Crippen LogP contribution in [0.2, 0.25) is 0 Å². The number of non-ortho nitro benzene ring substituents is 1. The first-order valence-corrected chi connectivity index (χ1v) is 6.05. The summed E-state index contributed by atoms with van der Waals surface area (Å²) in [5.41, 5.74) is 6.56. The Morgan fingerprint density at radius 2 is 1.86 bits per heavy atom. The number of rotatable bonds is 4. The molecular weight excluding hydrogens is 276 g/mol. The molecule has 8 nitrogen and oxygen atoms in total. The molecule has 0 aliphatic carbocycles. The molecule has 3 rings (SSSR count). The molecule has 1 aromatic heterocycles. The number of ether oxygens (including phenoxy) is 1. The van der Waals surface area contributed by atoms with Crippen molar-refractivity contribution in [3.63, 3.8) is 0 Å². The Balaban J connectivity index is 1.99. The number of nitro groups is 1. The van der Waals surface area contributed by atoms with Gasteiger partial charge in [0.2, 0.25) is 5.52 Å². The fourth-order valence-electron chi connectivity index (χ4n) is 1.88. The Kier molecular flexibility index (Phi) is 3.20. The molecule has 21 heavy (non-hydrogen) atoms. The largest absolute Gasteiger partial charge is 0.455 e. The van der Waals surface area contributed by atoms with Crippen LogP contribution in [0.15, 0.2) is 41.0 Å². The third-order valence-electron chi connectivity index (χ3n) is 2.94. The summed E-state index contributed by atoms with van der Waals surface area (Å²) in [6, 6.07) is 9.93. The van der Waals surface area contributed by atoms with Gasteiger partial charge in [-0.15, -0.1) is 0 Å². The van der Waals surface area contributed by atoms with E-state index in [-0.39, 0.29) is 16.7 Å². The number of aromatic nitrogens is 2. The SMILES string of the molecule is NCc1ccc(Oc2ccc([N+](=O)[O-])c3nonc23)cc1. The van der Waals surface area contributed by atoms with Gasteiger partial charge in [0.25, 0.3) is 0 Å². The van der Waals surface area contributed by atoms with E-state index >= 15 is 0 Å². The van der Waals surface area contributed by atoms with Gasteiger partial charge < -0.3 is 10.5 Å². The highest BCUT2D eigenvalue weighted by atomic mass is 16.6. The molecule has 106 valence electrons. The van der Waals surface area contributed by atoms with Crippen LogP contribution < -0.4 is 10.5 Å². The molecule has 3 aromatic rings. The van der Waals surface area contributed by atoms with Crippen molar-refractivity contribution in [2.75, 3.05) is 0 Å². The van der Waals surface area contributed by atoms with Crippen molar-refractivity contribution in [2.24, 2.45) is 5.73 Å². The highest BCUT2D eigenvalue weighted by Gasteiger charge is 2.20. The van der Waals surface area contributed by atoms with E-state index in [1.54, 1.807) is 12.1 Å². The first kappa shape index (κ1) is 13.0. The van der Waals surface area contributed by atoms with Crippen LogP contribution in [0.4, 0.5) is 5.69 Å². The predicted octanol–water partition coefficient (Wildman–Crippen LogP) is 2.38. The van der Waals surface area contributed by atoms with Gasteiger partial charge in [0, 0.05) is 12.6 Å². The third-order valence-corrected chi connectivity index (χ3v) is 2.94. The van der Waals surface area contributed by atoms with Crippen LogP contribution >= 0.6 is 0 Å². The monoisotopic (exact) mass is 286 g/mol. The van der Waals surface area contributed by atoms with E-state index < -0.39 is 4.92 Å². The maximum absolute atomic E-state index is 10.9. The minimum absolute atomic E-state index is 0.0519. The summed E-state index contributed by atoms with van der Waals surface area (Å²) in [6.07, 6.45) is 0. The maximum Gasteiger partial charge on any atom is 0.301 e. The molecule has 0 spiro atoms. The summed E-state index contributed by atoms with van der Waals surface area (Å²) in [5.74, 6) is 0.891. The number of nitrogens with zero attached hydrogens (tertiary/aromatic N) is 3. The summed E-state index contributed by atoms with van der Waals surface area (Å²) in [6.45, 7) is 0.440. The Hall–Kier alpha value is -3.00. The molecule has 0 amide bonds. The second-order valence-corrected chi connectivity index (χ2v) is 4.25.